The lowest BCUT2D eigenvalue weighted by Gasteiger charge is -2.28. The highest BCUT2D eigenvalue weighted by atomic mass is 19.4. The molecule has 0 aliphatic heterocycles. The van der Waals surface area contributed by atoms with E-state index in [0.29, 0.717) is 0 Å². The third-order valence-electron chi connectivity index (χ3n) is 2.63. The van der Waals surface area contributed by atoms with Gasteiger partial charge < -0.3 is 14.9 Å². The van der Waals surface area contributed by atoms with E-state index in [1.807, 2.05) is 0 Å². The lowest BCUT2D eigenvalue weighted by atomic mass is 10.2. The number of carboxylic acids is 1. The zero-order valence-electron chi connectivity index (χ0n) is 11.2. The highest BCUT2D eigenvalue weighted by molar-refractivity contribution is 5.75. The molecule has 0 aromatic carbocycles. The van der Waals surface area contributed by atoms with Gasteiger partial charge in [-0.15, -0.1) is 0 Å². The van der Waals surface area contributed by atoms with Crippen molar-refractivity contribution in [3.8, 4) is 0 Å². The summed E-state index contributed by atoms with van der Waals surface area (Å²) in [5.41, 5.74) is 0. The van der Waals surface area contributed by atoms with Crippen LogP contribution in [0.25, 0.3) is 0 Å². The summed E-state index contributed by atoms with van der Waals surface area (Å²) in [5, 5.41) is 8.76. The van der Waals surface area contributed by atoms with E-state index in [4.69, 9.17) is 5.11 Å². The van der Waals surface area contributed by atoms with E-state index in [1.165, 1.54) is 18.9 Å². The molecule has 19 heavy (non-hydrogen) atoms. The Morgan fingerprint density at radius 2 is 1.84 bits per heavy atom. The Morgan fingerprint density at radius 3 is 2.21 bits per heavy atom. The van der Waals surface area contributed by atoms with Crippen LogP contribution >= 0.6 is 0 Å². The molecule has 0 bridgehead atoms. The van der Waals surface area contributed by atoms with Crippen molar-refractivity contribution in [3.63, 3.8) is 0 Å². The molecule has 112 valence electrons. The van der Waals surface area contributed by atoms with Crippen LogP contribution in [0.3, 0.4) is 0 Å². The minimum atomic E-state index is -4.32. The van der Waals surface area contributed by atoms with Gasteiger partial charge in [0.2, 0.25) is 0 Å². The number of amides is 2. The fraction of sp³-hybridized carbons (Fsp3) is 0.818. The van der Waals surface area contributed by atoms with Gasteiger partial charge in [0.05, 0.1) is 12.3 Å². The van der Waals surface area contributed by atoms with Gasteiger partial charge in [0.25, 0.3) is 0 Å². The number of urea groups is 1. The van der Waals surface area contributed by atoms with Crippen LogP contribution in [-0.2, 0) is 4.79 Å². The Labute approximate surface area is 110 Å². The first-order valence-electron chi connectivity index (χ1n) is 5.88. The van der Waals surface area contributed by atoms with Crippen LogP contribution in [0.4, 0.5) is 18.0 Å². The average molecular weight is 284 g/mol. The summed E-state index contributed by atoms with van der Waals surface area (Å²) in [7, 11) is 1.27. The van der Waals surface area contributed by atoms with Gasteiger partial charge >= 0.3 is 18.2 Å². The van der Waals surface area contributed by atoms with Gasteiger partial charge in [0.15, 0.2) is 0 Å². The number of carbonyl (C=O) groups excluding carboxylic acids is 1. The maximum absolute atomic E-state index is 12.0. The lowest BCUT2D eigenvalue weighted by Crippen LogP contribution is -2.44. The number of hydrogen-bond acceptors (Lipinski definition) is 2. The SMILES string of the molecule is CCN(CC(C)C(=O)O)C(=O)N(C)CCC(F)(F)F. The topological polar surface area (TPSA) is 60.9 Å². The number of carbonyl (C=O) groups is 2. The Morgan fingerprint density at radius 1 is 1.32 bits per heavy atom. The van der Waals surface area contributed by atoms with Gasteiger partial charge in [0, 0.05) is 26.7 Å². The molecule has 1 N–H and O–H groups in total. The Bertz CT molecular complexity index is 321. The highest BCUT2D eigenvalue weighted by Crippen LogP contribution is 2.19. The van der Waals surface area contributed by atoms with Gasteiger partial charge in [0.1, 0.15) is 0 Å². The number of hydrogen-bond donors (Lipinski definition) is 1. The summed E-state index contributed by atoms with van der Waals surface area (Å²) >= 11 is 0. The van der Waals surface area contributed by atoms with Crippen LogP contribution in [0.1, 0.15) is 20.3 Å². The third-order valence-corrected chi connectivity index (χ3v) is 2.63. The largest absolute Gasteiger partial charge is 0.481 e. The fourth-order valence-corrected chi connectivity index (χ4v) is 1.38. The van der Waals surface area contributed by atoms with Gasteiger partial charge in [-0.25, -0.2) is 4.79 Å². The van der Waals surface area contributed by atoms with E-state index in [2.05, 4.69) is 0 Å². The Balaban J connectivity index is 4.45. The predicted molar refractivity (Wildman–Crippen MR) is 62.7 cm³/mol. The second-order valence-electron chi connectivity index (χ2n) is 4.35. The zero-order chi connectivity index (χ0) is 15.2. The molecule has 0 aromatic rings. The smallest absolute Gasteiger partial charge is 0.390 e. The summed E-state index contributed by atoms with van der Waals surface area (Å²) in [6.07, 6.45) is -5.40. The molecule has 2 amide bonds. The van der Waals surface area contributed by atoms with E-state index >= 15 is 0 Å². The van der Waals surface area contributed by atoms with Crippen LogP contribution in [0.2, 0.25) is 0 Å². The summed E-state index contributed by atoms with van der Waals surface area (Å²) in [6, 6.07) is -0.597. The molecule has 0 radical (unpaired) electrons. The van der Waals surface area contributed by atoms with Crippen LogP contribution in [0, 0.1) is 5.92 Å². The van der Waals surface area contributed by atoms with E-state index in [1.54, 1.807) is 6.92 Å². The van der Waals surface area contributed by atoms with E-state index in [-0.39, 0.29) is 13.1 Å². The van der Waals surface area contributed by atoms with Gasteiger partial charge in [-0.3, -0.25) is 4.79 Å². The zero-order valence-corrected chi connectivity index (χ0v) is 11.2. The number of nitrogens with zero attached hydrogens (tertiary/aromatic N) is 2. The fourth-order valence-electron chi connectivity index (χ4n) is 1.38. The minimum Gasteiger partial charge on any atom is -0.481 e. The van der Waals surface area contributed by atoms with Gasteiger partial charge in [-0.05, 0) is 6.92 Å². The molecule has 0 aromatic heterocycles. The van der Waals surface area contributed by atoms with Crippen LogP contribution in [0.5, 0.6) is 0 Å². The van der Waals surface area contributed by atoms with Crippen molar-refractivity contribution < 1.29 is 27.9 Å². The molecule has 0 spiro atoms. The molecule has 1 atom stereocenters. The van der Waals surface area contributed by atoms with Gasteiger partial charge in [-0.2, -0.15) is 13.2 Å². The second-order valence-corrected chi connectivity index (χ2v) is 4.35. The number of alkyl halides is 3. The standard InChI is InChI=1S/C11H19F3N2O3/c1-4-16(7-8(2)9(17)18)10(19)15(3)6-5-11(12,13)14/h8H,4-7H2,1-3H3,(H,17,18). The van der Waals surface area contributed by atoms with Crippen molar-refractivity contribution >= 4 is 12.0 Å². The molecule has 0 fully saturated rings. The molecule has 0 aliphatic carbocycles. The first kappa shape index (κ1) is 17.5. The molecule has 0 saturated heterocycles. The molecule has 0 heterocycles. The number of rotatable bonds is 6. The second kappa shape index (κ2) is 7.20. The first-order chi connectivity index (χ1) is 8.58. The molecular formula is C11H19F3N2O3. The van der Waals surface area contributed by atoms with Crippen molar-refractivity contribution in [2.75, 3.05) is 26.7 Å². The summed E-state index contributed by atoms with van der Waals surface area (Å²) in [5.74, 6) is -1.82. The molecule has 0 rings (SSSR count). The van der Waals surface area contributed by atoms with Crippen LogP contribution in [-0.4, -0.2) is 59.8 Å². The third kappa shape index (κ3) is 6.88. The minimum absolute atomic E-state index is 0.0268. The monoisotopic (exact) mass is 284 g/mol. The molecular weight excluding hydrogens is 265 g/mol. The van der Waals surface area contributed by atoms with Crippen LogP contribution < -0.4 is 0 Å². The molecule has 0 aliphatic rings. The van der Waals surface area contributed by atoms with Crippen molar-refractivity contribution in [3.05, 3.63) is 0 Å². The molecule has 8 heteroatoms. The van der Waals surface area contributed by atoms with E-state index < -0.39 is 37.1 Å². The van der Waals surface area contributed by atoms with Crippen LogP contribution in [0.15, 0.2) is 0 Å². The van der Waals surface area contributed by atoms with Crippen molar-refractivity contribution in [2.45, 2.75) is 26.4 Å². The Kier molecular flexibility index (Phi) is 6.64. The quantitative estimate of drug-likeness (QED) is 0.812. The predicted octanol–water partition coefficient (Wildman–Crippen LogP) is 2.03. The average Bonchev–Trinajstić information content (AvgIpc) is 2.30. The lowest BCUT2D eigenvalue weighted by molar-refractivity contribution is -0.141. The summed E-state index contributed by atoms with van der Waals surface area (Å²) in [4.78, 5) is 24.7. The van der Waals surface area contributed by atoms with Gasteiger partial charge in [-0.1, -0.05) is 6.92 Å². The number of halogens is 3. The molecule has 1 unspecified atom stereocenters. The maximum Gasteiger partial charge on any atom is 0.390 e. The molecule has 0 saturated carbocycles. The normalized spacial score (nSPS) is 12.9. The Hall–Kier alpha value is -1.47. The van der Waals surface area contributed by atoms with Crippen molar-refractivity contribution in [1.29, 1.82) is 0 Å². The number of carboxylic acid groups (broad SMARTS) is 1. The first-order valence-corrected chi connectivity index (χ1v) is 5.88. The van der Waals surface area contributed by atoms with E-state index in [9.17, 15) is 22.8 Å². The molecule has 5 nitrogen and oxygen atoms in total. The van der Waals surface area contributed by atoms with E-state index in [0.717, 1.165) is 4.90 Å². The maximum atomic E-state index is 12.0. The van der Waals surface area contributed by atoms with Crippen molar-refractivity contribution in [1.82, 2.24) is 9.80 Å². The number of aliphatic carboxylic acids is 1. The summed E-state index contributed by atoms with van der Waals surface area (Å²) < 4.78 is 36.1. The summed E-state index contributed by atoms with van der Waals surface area (Å²) in [6.45, 7) is 2.85. The highest BCUT2D eigenvalue weighted by Gasteiger charge is 2.29. The van der Waals surface area contributed by atoms with Crippen molar-refractivity contribution in [2.24, 2.45) is 5.92 Å².